The Hall–Kier alpha value is -1.88. The molecule has 5 nitrogen and oxygen atoms in total. The van der Waals surface area contributed by atoms with Crippen molar-refractivity contribution in [3.05, 3.63) is 29.8 Å². The normalized spacial score (nSPS) is 21.2. The highest BCUT2D eigenvalue weighted by molar-refractivity contribution is 5.96. The zero-order chi connectivity index (χ0) is 16.9. The zero-order valence-electron chi connectivity index (χ0n) is 14.4. The van der Waals surface area contributed by atoms with Crippen molar-refractivity contribution in [2.45, 2.75) is 45.1 Å². The van der Waals surface area contributed by atoms with Crippen molar-refractivity contribution in [1.82, 2.24) is 4.90 Å². The van der Waals surface area contributed by atoms with Crippen LogP contribution in [-0.2, 0) is 20.7 Å². The first-order chi connectivity index (χ1) is 11.7. The molecule has 2 aliphatic heterocycles. The lowest BCUT2D eigenvalue weighted by atomic mass is 10.0. The Labute approximate surface area is 143 Å². The highest BCUT2D eigenvalue weighted by Crippen LogP contribution is 2.27. The minimum absolute atomic E-state index is 0.0818. The van der Waals surface area contributed by atoms with Crippen LogP contribution < -0.4 is 4.90 Å². The van der Waals surface area contributed by atoms with Crippen molar-refractivity contribution in [3.63, 3.8) is 0 Å². The number of fused-ring (bicyclic) bond motifs is 1. The molecule has 1 amide bonds. The van der Waals surface area contributed by atoms with Crippen LogP contribution in [0.5, 0.6) is 0 Å². The lowest BCUT2D eigenvalue weighted by molar-refractivity contribution is -0.151. The van der Waals surface area contributed by atoms with Crippen LogP contribution in [0.4, 0.5) is 5.69 Å². The summed E-state index contributed by atoms with van der Waals surface area (Å²) in [6.45, 7) is 4.04. The number of para-hydroxylation sites is 1. The second-order valence-electron chi connectivity index (χ2n) is 6.51. The minimum Gasteiger partial charge on any atom is -0.465 e. The average molecular weight is 330 g/mol. The number of likely N-dealkylation sites (tertiary alicyclic amines) is 1. The summed E-state index contributed by atoms with van der Waals surface area (Å²) in [5.74, 6) is -0.109. The first-order valence-electron chi connectivity index (χ1n) is 8.99. The lowest BCUT2D eigenvalue weighted by Gasteiger charge is -2.36. The molecule has 0 aliphatic carbocycles. The van der Waals surface area contributed by atoms with Crippen LogP contribution in [0.3, 0.4) is 0 Å². The molecule has 5 heteroatoms. The predicted molar refractivity (Wildman–Crippen MR) is 93.0 cm³/mol. The largest absolute Gasteiger partial charge is 0.465 e. The molecule has 1 aromatic carbocycles. The van der Waals surface area contributed by atoms with Crippen molar-refractivity contribution in [2.24, 2.45) is 0 Å². The number of carbonyl (C=O) groups is 2. The van der Waals surface area contributed by atoms with E-state index in [4.69, 9.17) is 4.74 Å². The van der Waals surface area contributed by atoms with E-state index in [1.807, 2.05) is 34.9 Å². The van der Waals surface area contributed by atoms with Gasteiger partial charge in [0, 0.05) is 12.2 Å². The van der Waals surface area contributed by atoms with E-state index in [1.54, 1.807) is 0 Å². The van der Waals surface area contributed by atoms with Gasteiger partial charge >= 0.3 is 5.97 Å². The maximum atomic E-state index is 12.9. The monoisotopic (exact) mass is 330 g/mol. The molecule has 2 heterocycles. The molecule has 0 aromatic heterocycles. The summed E-state index contributed by atoms with van der Waals surface area (Å²) >= 11 is 0. The van der Waals surface area contributed by atoms with Crippen LogP contribution in [0.25, 0.3) is 0 Å². The summed E-state index contributed by atoms with van der Waals surface area (Å²) < 4.78 is 5.19. The van der Waals surface area contributed by atoms with E-state index >= 15 is 0 Å². The number of esters is 1. The van der Waals surface area contributed by atoms with Gasteiger partial charge in [-0.3, -0.25) is 14.5 Å². The second kappa shape index (κ2) is 7.79. The molecule has 1 fully saturated rings. The smallest absolute Gasteiger partial charge is 0.323 e. The number of hydrogen-bond donors (Lipinski definition) is 0. The van der Waals surface area contributed by atoms with Gasteiger partial charge in [0.1, 0.15) is 6.04 Å². The van der Waals surface area contributed by atoms with Gasteiger partial charge in [-0.25, -0.2) is 0 Å². The van der Waals surface area contributed by atoms with Gasteiger partial charge in [0.25, 0.3) is 0 Å². The Morgan fingerprint density at radius 3 is 2.83 bits per heavy atom. The van der Waals surface area contributed by atoms with Gasteiger partial charge in [0.05, 0.1) is 13.2 Å². The van der Waals surface area contributed by atoms with Gasteiger partial charge in [-0.2, -0.15) is 0 Å². The Morgan fingerprint density at radius 2 is 2.00 bits per heavy atom. The molecule has 130 valence electrons. The summed E-state index contributed by atoms with van der Waals surface area (Å²) in [6.07, 6.45) is 4.84. The summed E-state index contributed by atoms with van der Waals surface area (Å²) in [4.78, 5) is 28.9. The number of amides is 1. The summed E-state index contributed by atoms with van der Waals surface area (Å²) in [6, 6.07) is 7.84. The number of rotatable bonds is 4. The molecule has 0 bridgehead atoms. The second-order valence-corrected chi connectivity index (χ2v) is 6.51. The maximum Gasteiger partial charge on any atom is 0.323 e. The number of aryl methyl sites for hydroxylation is 1. The van der Waals surface area contributed by atoms with Crippen molar-refractivity contribution < 1.29 is 14.3 Å². The average Bonchev–Trinajstić information content (AvgIpc) is 2.62. The summed E-state index contributed by atoms with van der Waals surface area (Å²) in [5, 5.41) is 0. The highest BCUT2D eigenvalue weighted by atomic mass is 16.5. The zero-order valence-corrected chi connectivity index (χ0v) is 14.4. The van der Waals surface area contributed by atoms with Crippen LogP contribution in [0, 0.1) is 0 Å². The molecule has 0 spiro atoms. The minimum atomic E-state index is -0.275. The van der Waals surface area contributed by atoms with E-state index in [1.165, 1.54) is 5.56 Å². The van der Waals surface area contributed by atoms with E-state index in [0.717, 1.165) is 50.9 Å². The number of nitrogens with zero attached hydrogens (tertiary/aromatic N) is 2. The summed E-state index contributed by atoms with van der Waals surface area (Å²) in [7, 11) is 0. The predicted octanol–water partition coefficient (Wildman–Crippen LogP) is 2.38. The van der Waals surface area contributed by atoms with E-state index in [9.17, 15) is 9.59 Å². The van der Waals surface area contributed by atoms with E-state index in [0.29, 0.717) is 6.61 Å². The third kappa shape index (κ3) is 3.61. The van der Waals surface area contributed by atoms with Crippen molar-refractivity contribution in [1.29, 1.82) is 0 Å². The third-order valence-corrected chi connectivity index (χ3v) is 4.92. The van der Waals surface area contributed by atoms with Gasteiger partial charge in [-0.15, -0.1) is 0 Å². The van der Waals surface area contributed by atoms with E-state index in [-0.39, 0.29) is 24.5 Å². The Bertz CT molecular complexity index is 602. The molecule has 24 heavy (non-hydrogen) atoms. The fourth-order valence-electron chi connectivity index (χ4n) is 3.74. The highest BCUT2D eigenvalue weighted by Gasteiger charge is 2.33. The van der Waals surface area contributed by atoms with E-state index in [2.05, 4.69) is 6.07 Å². The van der Waals surface area contributed by atoms with Crippen LogP contribution in [0.1, 0.15) is 38.2 Å². The summed E-state index contributed by atoms with van der Waals surface area (Å²) in [5.41, 5.74) is 2.26. The number of hydrogen-bond acceptors (Lipinski definition) is 4. The third-order valence-electron chi connectivity index (χ3n) is 4.92. The topological polar surface area (TPSA) is 49.9 Å². The molecule has 3 rings (SSSR count). The molecular weight excluding hydrogens is 304 g/mol. The van der Waals surface area contributed by atoms with Crippen LogP contribution in [0.15, 0.2) is 24.3 Å². The van der Waals surface area contributed by atoms with Gasteiger partial charge in [-0.05, 0) is 50.8 Å². The number of piperidine rings is 1. The molecular formula is C19H26N2O3. The number of anilines is 1. The fraction of sp³-hybridized carbons (Fsp3) is 0.579. The standard InChI is InChI=1S/C19H26N2O3/c1-2-24-19(23)17-11-5-6-12-20(17)14-18(22)21-13-7-9-15-8-3-4-10-16(15)21/h3-4,8,10,17H,2,5-7,9,11-14H2,1H3/t17-/m1/s1. The first-order valence-corrected chi connectivity index (χ1v) is 8.99. The SMILES string of the molecule is CCOC(=O)[C@H]1CCCCN1CC(=O)N1CCCc2ccccc21. The molecule has 1 saturated heterocycles. The Morgan fingerprint density at radius 1 is 1.17 bits per heavy atom. The van der Waals surface area contributed by atoms with E-state index < -0.39 is 0 Å². The van der Waals surface area contributed by atoms with Crippen molar-refractivity contribution in [2.75, 3.05) is 31.1 Å². The van der Waals surface area contributed by atoms with Crippen LogP contribution >= 0.6 is 0 Å². The van der Waals surface area contributed by atoms with Gasteiger partial charge in [-0.1, -0.05) is 24.6 Å². The quantitative estimate of drug-likeness (QED) is 0.796. The molecule has 0 N–H and O–H groups in total. The molecule has 2 aliphatic rings. The van der Waals surface area contributed by atoms with Crippen LogP contribution in [0.2, 0.25) is 0 Å². The molecule has 0 saturated carbocycles. The number of benzene rings is 1. The van der Waals surface area contributed by atoms with Crippen molar-refractivity contribution >= 4 is 17.6 Å². The van der Waals surface area contributed by atoms with Gasteiger partial charge in [0.2, 0.25) is 5.91 Å². The molecule has 1 aromatic rings. The molecule has 1 atom stereocenters. The van der Waals surface area contributed by atoms with Crippen molar-refractivity contribution in [3.8, 4) is 0 Å². The number of ether oxygens (including phenoxy) is 1. The first kappa shape index (κ1) is 17.0. The Balaban J connectivity index is 1.70. The lowest BCUT2D eigenvalue weighted by Crippen LogP contribution is -2.51. The number of carbonyl (C=O) groups excluding carboxylic acids is 2. The Kier molecular flexibility index (Phi) is 5.51. The maximum absolute atomic E-state index is 12.9. The molecule has 0 radical (unpaired) electrons. The van der Waals surface area contributed by atoms with Gasteiger partial charge < -0.3 is 9.64 Å². The van der Waals surface area contributed by atoms with Crippen LogP contribution in [-0.4, -0.2) is 49.1 Å². The fourth-order valence-corrected chi connectivity index (χ4v) is 3.74. The van der Waals surface area contributed by atoms with Gasteiger partial charge in [0.15, 0.2) is 0 Å². The molecule has 0 unspecified atom stereocenters.